The highest BCUT2D eigenvalue weighted by Gasteiger charge is 2.16. The number of benzene rings is 3. The second-order valence-corrected chi connectivity index (χ2v) is 7.72. The Bertz CT molecular complexity index is 1230. The van der Waals surface area contributed by atoms with Gasteiger partial charge in [0.25, 0.3) is 0 Å². The number of nitrogens with one attached hydrogen (secondary N) is 1. The summed E-state index contributed by atoms with van der Waals surface area (Å²) in [6, 6.07) is 23.0. The van der Waals surface area contributed by atoms with Gasteiger partial charge in [0.1, 0.15) is 0 Å². The zero-order valence-corrected chi connectivity index (χ0v) is 17.8. The first-order valence-electron chi connectivity index (χ1n) is 9.35. The largest absolute Gasteiger partial charge is 0.493 e. The molecule has 0 bridgehead atoms. The molecule has 0 atom stereocenters. The van der Waals surface area contributed by atoms with E-state index in [2.05, 4.69) is 15.5 Å². The van der Waals surface area contributed by atoms with Gasteiger partial charge in [-0.05, 0) is 55.0 Å². The van der Waals surface area contributed by atoms with Gasteiger partial charge < -0.3 is 15.0 Å². The molecule has 0 saturated carbocycles. The molecule has 0 aliphatic carbocycles. The minimum absolute atomic E-state index is 0.0352. The number of fused-ring (bicyclic) bond motifs is 1. The molecule has 0 fully saturated rings. The number of para-hydroxylation sites is 1. The van der Waals surface area contributed by atoms with E-state index in [1.807, 2.05) is 79.7 Å². The van der Waals surface area contributed by atoms with Crippen molar-refractivity contribution in [3.8, 4) is 5.88 Å². The minimum Gasteiger partial charge on any atom is -0.493 e. The lowest BCUT2D eigenvalue weighted by atomic mass is 10.2. The lowest BCUT2D eigenvalue weighted by Crippen LogP contribution is -2.04. The van der Waals surface area contributed by atoms with E-state index in [1.165, 1.54) is 0 Å². The zero-order valence-electron chi connectivity index (χ0n) is 16.2. The molecule has 0 unspecified atom stereocenters. The number of hydrogen-bond acceptors (Lipinski definition) is 3. The fourth-order valence-electron chi connectivity index (χ4n) is 3.18. The van der Waals surface area contributed by atoms with Crippen LogP contribution in [-0.4, -0.2) is 14.8 Å². The summed E-state index contributed by atoms with van der Waals surface area (Å²) in [5.74, 6) is 0.0352. The maximum atomic E-state index is 10.9. The lowest BCUT2D eigenvalue weighted by molar-refractivity contribution is 0.429. The lowest BCUT2D eigenvalue weighted by Gasteiger charge is -2.07. The van der Waals surface area contributed by atoms with Crippen molar-refractivity contribution in [1.29, 1.82) is 0 Å². The van der Waals surface area contributed by atoms with Crippen molar-refractivity contribution in [2.45, 2.75) is 13.5 Å². The van der Waals surface area contributed by atoms with Gasteiger partial charge in [-0.25, -0.2) is 0 Å². The van der Waals surface area contributed by atoms with Crippen LogP contribution in [0.2, 0.25) is 5.02 Å². The summed E-state index contributed by atoms with van der Waals surface area (Å²) >= 11 is 11.3. The first kappa shape index (κ1) is 20.1. The van der Waals surface area contributed by atoms with E-state index < -0.39 is 0 Å². The van der Waals surface area contributed by atoms with E-state index in [0.29, 0.717) is 17.3 Å². The monoisotopic (exact) mass is 434 g/mol. The number of aromatic hydroxyl groups is 1. The van der Waals surface area contributed by atoms with Crippen molar-refractivity contribution in [2.24, 2.45) is 10.2 Å². The van der Waals surface area contributed by atoms with E-state index in [-0.39, 0.29) is 11.0 Å². The Morgan fingerprint density at radius 3 is 2.47 bits per heavy atom. The number of aromatic nitrogens is 1. The van der Waals surface area contributed by atoms with E-state index in [1.54, 1.807) is 4.57 Å². The molecule has 0 saturated heterocycles. The first-order valence-corrected chi connectivity index (χ1v) is 10.1. The van der Waals surface area contributed by atoms with Crippen LogP contribution >= 0.6 is 23.8 Å². The molecule has 4 rings (SSSR count). The smallest absolute Gasteiger partial charge is 0.221 e. The van der Waals surface area contributed by atoms with Crippen LogP contribution < -0.4 is 5.32 Å². The SMILES string of the molecule is Cc1ccc(NC(=S)N=Nc2c(O)n(Cc3ccc(Cl)cc3)c3ccccc23)cc1. The Labute approximate surface area is 184 Å². The van der Waals surface area contributed by atoms with Gasteiger partial charge in [-0.1, -0.05) is 59.6 Å². The van der Waals surface area contributed by atoms with Crippen molar-refractivity contribution in [3.05, 3.63) is 88.9 Å². The summed E-state index contributed by atoms with van der Waals surface area (Å²) in [6.45, 7) is 2.50. The first-order chi connectivity index (χ1) is 14.5. The van der Waals surface area contributed by atoms with Crippen molar-refractivity contribution in [2.75, 3.05) is 5.32 Å². The van der Waals surface area contributed by atoms with Crippen LogP contribution in [0, 0.1) is 6.92 Å². The third kappa shape index (κ3) is 4.35. The third-order valence-electron chi connectivity index (χ3n) is 4.72. The second-order valence-electron chi connectivity index (χ2n) is 6.90. The average molecular weight is 435 g/mol. The highest BCUT2D eigenvalue weighted by Crippen LogP contribution is 2.39. The molecule has 1 aromatic heterocycles. The molecular formula is C23H19ClN4OS. The Morgan fingerprint density at radius 1 is 1.03 bits per heavy atom. The molecule has 7 heteroatoms. The predicted molar refractivity (Wildman–Crippen MR) is 126 cm³/mol. The summed E-state index contributed by atoms with van der Waals surface area (Å²) in [4.78, 5) is 0. The summed E-state index contributed by atoms with van der Waals surface area (Å²) < 4.78 is 1.80. The summed E-state index contributed by atoms with van der Waals surface area (Å²) in [5, 5.41) is 24.0. The molecule has 30 heavy (non-hydrogen) atoms. The average Bonchev–Trinajstić information content (AvgIpc) is 3.01. The van der Waals surface area contributed by atoms with Gasteiger partial charge in [-0.15, -0.1) is 10.2 Å². The van der Waals surface area contributed by atoms with Crippen LogP contribution in [0.15, 0.2) is 83.0 Å². The van der Waals surface area contributed by atoms with Crippen molar-refractivity contribution < 1.29 is 5.11 Å². The maximum absolute atomic E-state index is 10.9. The molecule has 4 aromatic rings. The molecule has 0 radical (unpaired) electrons. The maximum Gasteiger partial charge on any atom is 0.221 e. The number of halogens is 1. The van der Waals surface area contributed by atoms with Crippen LogP contribution in [-0.2, 0) is 6.54 Å². The van der Waals surface area contributed by atoms with E-state index in [0.717, 1.165) is 27.7 Å². The number of nitrogens with zero attached hydrogens (tertiary/aromatic N) is 3. The van der Waals surface area contributed by atoms with Crippen molar-refractivity contribution >= 4 is 51.2 Å². The molecule has 0 amide bonds. The van der Waals surface area contributed by atoms with Crippen LogP contribution in [0.4, 0.5) is 11.4 Å². The molecule has 0 spiro atoms. The molecule has 150 valence electrons. The Morgan fingerprint density at radius 2 is 1.73 bits per heavy atom. The number of azo groups is 1. The highest BCUT2D eigenvalue weighted by molar-refractivity contribution is 7.80. The van der Waals surface area contributed by atoms with Gasteiger partial charge in [0.2, 0.25) is 11.0 Å². The normalized spacial score (nSPS) is 11.3. The number of thiocarbonyl (C=S) groups is 1. The van der Waals surface area contributed by atoms with Crippen LogP contribution in [0.5, 0.6) is 5.88 Å². The fourth-order valence-corrected chi connectivity index (χ4v) is 3.47. The van der Waals surface area contributed by atoms with Crippen LogP contribution in [0.25, 0.3) is 10.9 Å². The number of rotatable bonds is 4. The molecule has 1 heterocycles. The number of hydrogen-bond donors (Lipinski definition) is 2. The molecule has 2 N–H and O–H groups in total. The van der Waals surface area contributed by atoms with Crippen molar-refractivity contribution in [1.82, 2.24) is 4.57 Å². The van der Waals surface area contributed by atoms with Gasteiger partial charge in [0.05, 0.1) is 12.1 Å². The third-order valence-corrected chi connectivity index (χ3v) is 5.15. The quantitative estimate of drug-likeness (QED) is 0.273. The summed E-state index contributed by atoms with van der Waals surface area (Å²) in [6.07, 6.45) is 0. The van der Waals surface area contributed by atoms with Gasteiger partial charge in [-0.3, -0.25) is 0 Å². The van der Waals surface area contributed by atoms with E-state index >= 15 is 0 Å². The van der Waals surface area contributed by atoms with Gasteiger partial charge >= 0.3 is 0 Å². The van der Waals surface area contributed by atoms with E-state index in [9.17, 15) is 5.11 Å². The van der Waals surface area contributed by atoms with Crippen LogP contribution in [0.3, 0.4) is 0 Å². The summed E-state index contributed by atoms with van der Waals surface area (Å²) in [7, 11) is 0. The Hall–Kier alpha value is -3.22. The molecular weight excluding hydrogens is 416 g/mol. The summed E-state index contributed by atoms with van der Waals surface area (Å²) in [5.41, 5.74) is 4.24. The molecule has 0 aliphatic rings. The molecule has 3 aromatic carbocycles. The van der Waals surface area contributed by atoms with Gasteiger partial charge in [0, 0.05) is 16.1 Å². The minimum atomic E-state index is 0.0352. The highest BCUT2D eigenvalue weighted by atomic mass is 35.5. The molecule has 0 aliphatic heterocycles. The van der Waals surface area contributed by atoms with Crippen molar-refractivity contribution in [3.63, 3.8) is 0 Å². The number of aryl methyl sites for hydroxylation is 1. The standard InChI is InChI=1S/C23H19ClN4OS/c1-15-6-12-18(13-7-15)25-23(30)27-26-21-19-4-2-3-5-20(19)28(22(21)29)14-16-8-10-17(24)11-9-16/h2-13,29H,14H2,1H3,(H,25,30). The Balaban J connectivity index is 1.63. The van der Waals surface area contributed by atoms with Gasteiger partial charge in [-0.2, -0.15) is 0 Å². The Kier molecular flexibility index (Phi) is 5.79. The predicted octanol–water partition coefficient (Wildman–Crippen LogP) is 6.84. The van der Waals surface area contributed by atoms with Crippen LogP contribution in [0.1, 0.15) is 11.1 Å². The number of anilines is 1. The zero-order chi connectivity index (χ0) is 21.1. The van der Waals surface area contributed by atoms with Gasteiger partial charge in [0.15, 0.2) is 5.69 Å². The second kappa shape index (κ2) is 8.65. The van der Waals surface area contributed by atoms with E-state index in [4.69, 9.17) is 23.8 Å². The topological polar surface area (TPSA) is 61.9 Å². The fraction of sp³-hybridized carbons (Fsp3) is 0.0870. The molecule has 5 nitrogen and oxygen atoms in total.